The maximum atomic E-state index is 12.5. The number of esters is 1. The van der Waals surface area contributed by atoms with E-state index in [-0.39, 0.29) is 18.5 Å². The Morgan fingerprint density at radius 3 is 1.12 bits per heavy atom. The van der Waals surface area contributed by atoms with Gasteiger partial charge in [0.1, 0.15) is 0 Å². The molecule has 2 atom stereocenters. The lowest BCUT2D eigenvalue weighted by molar-refractivity contribution is -0.143. The maximum absolute atomic E-state index is 12.5. The summed E-state index contributed by atoms with van der Waals surface area (Å²) in [5, 5.41) is 23.4. The van der Waals surface area contributed by atoms with Crippen LogP contribution >= 0.6 is 0 Å². The van der Waals surface area contributed by atoms with Crippen LogP contribution in [0.2, 0.25) is 0 Å². The van der Waals surface area contributed by atoms with Crippen LogP contribution in [0.1, 0.15) is 348 Å². The van der Waals surface area contributed by atoms with E-state index in [2.05, 4.69) is 55.6 Å². The van der Waals surface area contributed by atoms with Crippen molar-refractivity contribution >= 4 is 11.9 Å². The number of carbonyl (C=O) groups is 2. The van der Waals surface area contributed by atoms with Gasteiger partial charge in [0.15, 0.2) is 0 Å². The number of amides is 1. The van der Waals surface area contributed by atoms with E-state index >= 15 is 0 Å². The first-order chi connectivity index (χ1) is 35.5. The number of hydrogen-bond acceptors (Lipinski definition) is 5. The molecule has 0 aliphatic rings. The quantitative estimate of drug-likeness (QED) is 0.0320. The second-order valence-electron chi connectivity index (χ2n) is 22.1. The highest BCUT2D eigenvalue weighted by atomic mass is 16.5. The monoisotopic (exact) mass is 1010 g/mol. The van der Waals surface area contributed by atoms with Crippen LogP contribution in [0.25, 0.3) is 0 Å². The normalized spacial score (nSPS) is 12.8. The van der Waals surface area contributed by atoms with Crippen LogP contribution in [-0.4, -0.2) is 47.4 Å². The third-order valence-electron chi connectivity index (χ3n) is 14.9. The van der Waals surface area contributed by atoms with E-state index in [1.54, 1.807) is 0 Å². The zero-order valence-electron chi connectivity index (χ0n) is 48.4. The molecule has 0 radical (unpaired) electrons. The summed E-state index contributed by atoms with van der Waals surface area (Å²) in [5.74, 6) is -0.0608. The largest absolute Gasteiger partial charge is 0.466 e. The standard InChI is InChI=1S/C66H125NO5/c1-3-5-7-9-11-13-15-17-18-19-20-21-22-23-24-25-26-28-31-35-38-42-46-50-54-58-64(69)63(62-68)67-65(70)59-55-51-47-43-39-36-32-29-27-30-33-37-41-45-49-53-57-61-72-66(71)60-56-52-48-44-40-34-16-14-12-10-8-6-4-2/h8,10,14,16,27,30,63-64,68-69H,3-7,9,11-13,15,17-26,28-29,31-62H2,1-2H3,(H,67,70)/b10-8-,16-14-,30-27-. The molecule has 0 fully saturated rings. The van der Waals surface area contributed by atoms with E-state index in [1.165, 1.54) is 250 Å². The molecule has 0 bridgehead atoms. The van der Waals surface area contributed by atoms with Crippen LogP contribution in [0.4, 0.5) is 0 Å². The Hall–Kier alpha value is -1.92. The van der Waals surface area contributed by atoms with Gasteiger partial charge < -0.3 is 20.3 Å². The summed E-state index contributed by atoms with van der Waals surface area (Å²) in [6.07, 6.45) is 77.3. The van der Waals surface area contributed by atoms with Crippen molar-refractivity contribution in [2.24, 2.45) is 0 Å². The molecule has 0 aromatic heterocycles. The predicted octanol–water partition coefficient (Wildman–Crippen LogP) is 20.4. The summed E-state index contributed by atoms with van der Waals surface area (Å²) in [5.41, 5.74) is 0. The van der Waals surface area contributed by atoms with E-state index in [9.17, 15) is 19.8 Å². The van der Waals surface area contributed by atoms with Crippen molar-refractivity contribution in [3.63, 3.8) is 0 Å². The van der Waals surface area contributed by atoms with Gasteiger partial charge in [-0.05, 0) is 77.0 Å². The van der Waals surface area contributed by atoms with Gasteiger partial charge in [0.05, 0.1) is 25.4 Å². The molecule has 0 saturated carbocycles. The molecule has 0 aliphatic carbocycles. The average molecular weight is 1010 g/mol. The minimum absolute atomic E-state index is 0.0166. The van der Waals surface area contributed by atoms with Crippen LogP contribution in [-0.2, 0) is 14.3 Å². The first kappa shape index (κ1) is 70.1. The van der Waals surface area contributed by atoms with Gasteiger partial charge in [-0.15, -0.1) is 0 Å². The van der Waals surface area contributed by atoms with Crippen LogP contribution in [0.3, 0.4) is 0 Å². The highest BCUT2D eigenvalue weighted by molar-refractivity contribution is 5.76. The van der Waals surface area contributed by atoms with Crippen molar-refractivity contribution < 1.29 is 24.5 Å². The summed E-state index contributed by atoms with van der Waals surface area (Å²) in [6.45, 7) is 4.88. The second-order valence-corrected chi connectivity index (χ2v) is 22.1. The Balaban J connectivity index is 3.45. The zero-order chi connectivity index (χ0) is 52.2. The number of aliphatic hydroxyl groups is 2. The maximum Gasteiger partial charge on any atom is 0.305 e. The molecule has 6 heteroatoms. The highest BCUT2D eigenvalue weighted by Crippen LogP contribution is 2.18. The molecule has 0 heterocycles. The van der Waals surface area contributed by atoms with E-state index in [4.69, 9.17) is 4.74 Å². The second kappa shape index (κ2) is 61.6. The molecule has 0 spiro atoms. The molecule has 72 heavy (non-hydrogen) atoms. The predicted molar refractivity (Wildman–Crippen MR) is 315 cm³/mol. The number of rotatable bonds is 60. The molecular weight excluding hydrogens is 887 g/mol. The van der Waals surface area contributed by atoms with Crippen molar-refractivity contribution in [3.8, 4) is 0 Å². The third-order valence-corrected chi connectivity index (χ3v) is 14.9. The first-order valence-corrected chi connectivity index (χ1v) is 32.2. The molecule has 3 N–H and O–H groups in total. The molecule has 0 aliphatic heterocycles. The van der Waals surface area contributed by atoms with Crippen molar-refractivity contribution in [3.05, 3.63) is 36.5 Å². The molecule has 0 aromatic carbocycles. The Morgan fingerprint density at radius 1 is 0.389 bits per heavy atom. The van der Waals surface area contributed by atoms with Crippen LogP contribution in [0, 0.1) is 0 Å². The van der Waals surface area contributed by atoms with Gasteiger partial charge in [-0.25, -0.2) is 0 Å². The van der Waals surface area contributed by atoms with E-state index in [0.717, 1.165) is 64.2 Å². The number of carbonyl (C=O) groups excluding carboxylic acids is 2. The van der Waals surface area contributed by atoms with E-state index < -0.39 is 12.1 Å². The lowest BCUT2D eigenvalue weighted by Gasteiger charge is -2.22. The number of unbranched alkanes of at least 4 members (excludes halogenated alkanes) is 43. The van der Waals surface area contributed by atoms with Crippen LogP contribution in [0.15, 0.2) is 36.5 Å². The fraction of sp³-hybridized carbons (Fsp3) is 0.879. The lowest BCUT2D eigenvalue weighted by atomic mass is 10.0. The lowest BCUT2D eigenvalue weighted by Crippen LogP contribution is -2.45. The van der Waals surface area contributed by atoms with Crippen molar-refractivity contribution in [2.75, 3.05) is 13.2 Å². The molecule has 424 valence electrons. The fourth-order valence-electron chi connectivity index (χ4n) is 9.97. The molecule has 2 unspecified atom stereocenters. The fourth-order valence-corrected chi connectivity index (χ4v) is 9.97. The van der Waals surface area contributed by atoms with Gasteiger partial charge in [0.2, 0.25) is 5.91 Å². The summed E-state index contributed by atoms with van der Waals surface area (Å²) in [6, 6.07) is -0.553. The molecule has 0 aromatic rings. The number of nitrogens with one attached hydrogen (secondary N) is 1. The third kappa shape index (κ3) is 57.4. The average Bonchev–Trinajstić information content (AvgIpc) is 3.38. The summed E-state index contributed by atoms with van der Waals surface area (Å²) in [7, 11) is 0. The Bertz CT molecular complexity index is 1170. The van der Waals surface area contributed by atoms with Gasteiger partial charge >= 0.3 is 5.97 Å². The van der Waals surface area contributed by atoms with Gasteiger partial charge in [-0.3, -0.25) is 9.59 Å². The van der Waals surface area contributed by atoms with E-state index in [0.29, 0.717) is 25.9 Å². The summed E-state index contributed by atoms with van der Waals surface area (Å²) < 4.78 is 5.46. The van der Waals surface area contributed by atoms with E-state index in [1.807, 2.05) is 0 Å². The van der Waals surface area contributed by atoms with Crippen LogP contribution in [0.5, 0.6) is 0 Å². The summed E-state index contributed by atoms with van der Waals surface area (Å²) >= 11 is 0. The highest BCUT2D eigenvalue weighted by Gasteiger charge is 2.20. The SMILES string of the molecule is CCC/C=C\C/C=C\CCCCCCCC(=O)OCCCCCCCC/C=C\CCCCCCCCCC(=O)NC(CO)C(O)CCCCCCCCCCCCCCCCCCCCCCCCCCC. The molecule has 6 nitrogen and oxygen atoms in total. The molecular formula is C66H125NO5. The van der Waals surface area contributed by atoms with Gasteiger partial charge in [0.25, 0.3) is 0 Å². The van der Waals surface area contributed by atoms with Gasteiger partial charge in [0, 0.05) is 12.8 Å². The number of hydrogen-bond donors (Lipinski definition) is 3. The van der Waals surface area contributed by atoms with Crippen molar-refractivity contribution in [1.29, 1.82) is 0 Å². The zero-order valence-corrected chi connectivity index (χ0v) is 48.4. The minimum atomic E-state index is -0.675. The summed E-state index contributed by atoms with van der Waals surface area (Å²) in [4.78, 5) is 24.6. The van der Waals surface area contributed by atoms with Crippen LogP contribution < -0.4 is 5.32 Å². The molecule has 0 rings (SSSR count). The minimum Gasteiger partial charge on any atom is -0.466 e. The Labute approximate surface area is 449 Å². The van der Waals surface area contributed by atoms with Crippen molar-refractivity contribution in [2.45, 2.75) is 360 Å². The van der Waals surface area contributed by atoms with Crippen molar-refractivity contribution in [1.82, 2.24) is 5.32 Å². The number of aliphatic hydroxyl groups excluding tert-OH is 2. The number of allylic oxidation sites excluding steroid dienone is 6. The number of ether oxygens (including phenoxy) is 1. The Kier molecular flexibility index (Phi) is 60.0. The first-order valence-electron chi connectivity index (χ1n) is 32.2. The molecule has 1 amide bonds. The van der Waals surface area contributed by atoms with Gasteiger partial charge in [-0.2, -0.15) is 0 Å². The van der Waals surface area contributed by atoms with Gasteiger partial charge in [-0.1, -0.05) is 294 Å². The topological polar surface area (TPSA) is 95.9 Å². The smallest absolute Gasteiger partial charge is 0.305 e. The molecule has 0 saturated heterocycles. The Morgan fingerprint density at radius 2 is 0.722 bits per heavy atom.